The molecule has 0 unspecified atom stereocenters. The number of carbonyl (C=O) groups is 2. The summed E-state index contributed by atoms with van der Waals surface area (Å²) in [6.45, 7) is 0.597. The van der Waals surface area contributed by atoms with Gasteiger partial charge in [-0.15, -0.1) is 0 Å². The molecule has 160 valence electrons. The molecule has 0 bridgehead atoms. The van der Waals surface area contributed by atoms with E-state index in [2.05, 4.69) is 5.32 Å². The average Bonchev–Trinajstić information content (AvgIpc) is 2.78. The minimum absolute atomic E-state index is 0.188. The summed E-state index contributed by atoms with van der Waals surface area (Å²) in [6.07, 6.45) is 2.77. The van der Waals surface area contributed by atoms with Crippen LogP contribution in [-0.2, 0) is 19.6 Å². The molecular formula is C21H24N2O6S. The highest BCUT2D eigenvalue weighted by molar-refractivity contribution is 7.89. The number of amides is 1. The number of piperidine rings is 1. The first-order valence-electron chi connectivity index (χ1n) is 9.61. The van der Waals surface area contributed by atoms with Crippen LogP contribution < -0.4 is 10.1 Å². The second kappa shape index (κ2) is 9.73. The number of anilines is 1. The smallest absolute Gasteiger partial charge is 0.338 e. The minimum Gasteiger partial charge on any atom is -0.497 e. The second-order valence-corrected chi connectivity index (χ2v) is 8.78. The monoisotopic (exact) mass is 432 g/mol. The fraction of sp³-hybridized carbons (Fsp3) is 0.333. The average molecular weight is 432 g/mol. The van der Waals surface area contributed by atoms with E-state index in [0.29, 0.717) is 30.1 Å². The van der Waals surface area contributed by atoms with Gasteiger partial charge in [-0.2, -0.15) is 4.31 Å². The maximum absolute atomic E-state index is 12.6. The summed E-state index contributed by atoms with van der Waals surface area (Å²) >= 11 is 0. The van der Waals surface area contributed by atoms with Crippen LogP contribution in [0.2, 0.25) is 0 Å². The highest BCUT2D eigenvalue weighted by atomic mass is 32.2. The molecule has 2 aromatic carbocycles. The van der Waals surface area contributed by atoms with Crippen molar-refractivity contribution >= 4 is 27.6 Å². The van der Waals surface area contributed by atoms with Gasteiger partial charge in [-0.1, -0.05) is 6.42 Å². The van der Waals surface area contributed by atoms with Crippen LogP contribution in [0.15, 0.2) is 53.4 Å². The molecule has 0 radical (unpaired) electrons. The van der Waals surface area contributed by atoms with Gasteiger partial charge in [0.2, 0.25) is 10.0 Å². The highest BCUT2D eigenvalue weighted by Gasteiger charge is 2.25. The number of carbonyl (C=O) groups excluding carboxylic acids is 2. The van der Waals surface area contributed by atoms with Gasteiger partial charge in [0.15, 0.2) is 6.61 Å². The van der Waals surface area contributed by atoms with Crippen LogP contribution in [0.4, 0.5) is 5.69 Å². The van der Waals surface area contributed by atoms with E-state index in [-0.39, 0.29) is 4.90 Å². The normalized spacial score (nSPS) is 14.7. The summed E-state index contributed by atoms with van der Waals surface area (Å²) in [5.41, 5.74) is 0.717. The Morgan fingerprint density at radius 3 is 2.20 bits per heavy atom. The Kier molecular flexibility index (Phi) is 7.07. The molecule has 0 aliphatic carbocycles. The van der Waals surface area contributed by atoms with E-state index in [1.807, 2.05) is 0 Å². The Bertz CT molecular complexity index is 981. The Hall–Kier alpha value is -2.91. The fourth-order valence-corrected chi connectivity index (χ4v) is 4.62. The molecule has 1 heterocycles. The van der Waals surface area contributed by atoms with E-state index in [1.54, 1.807) is 24.3 Å². The quantitative estimate of drug-likeness (QED) is 0.675. The number of sulfonamides is 1. The van der Waals surface area contributed by atoms with Gasteiger partial charge in [0.1, 0.15) is 5.75 Å². The molecular weight excluding hydrogens is 408 g/mol. The van der Waals surface area contributed by atoms with Crippen molar-refractivity contribution in [3.8, 4) is 5.75 Å². The van der Waals surface area contributed by atoms with Gasteiger partial charge < -0.3 is 14.8 Å². The van der Waals surface area contributed by atoms with Gasteiger partial charge in [-0.05, 0) is 61.4 Å². The molecule has 9 heteroatoms. The van der Waals surface area contributed by atoms with Crippen LogP contribution in [0.1, 0.15) is 29.6 Å². The predicted molar refractivity (Wildman–Crippen MR) is 111 cm³/mol. The van der Waals surface area contributed by atoms with Crippen LogP contribution in [0.3, 0.4) is 0 Å². The summed E-state index contributed by atoms with van der Waals surface area (Å²) < 4.78 is 36.8. The first-order chi connectivity index (χ1) is 14.4. The fourth-order valence-electron chi connectivity index (χ4n) is 3.10. The second-order valence-electron chi connectivity index (χ2n) is 6.84. The molecule has 1 aliphatic rings. The third-order valence-corrected chi connectivity index (χ3v) is 6.66. The van der Waals surface area contributed by atoms with Crippen LogP contribution in [-0.4, -0.2) is 51.4 Å². The Balaban J connectivity index is 1.53. The van der Waals surface area contributed by atoms with Crippen molar-refractivity contribution in [3.05, 3.63) is 54.1 Å². The number of nitrogens with one attached hydrogen (secondary N) is 1. The molecule has 30 heavy (non-hydrogen) atoms. The zero-order valence-electron chi connectivity index (χ0n) is 16.7. The van der Waals surface area contributed by atoms with E-state index in [4.69, 9.17) is 9.47 Å². The molecule has 1 aliphatic heterocycles. The lowest BCUT2D eigenvalue weighted by atomic mass is 10.2. The van der Waals surface area contributed by atoms with Gasteiger partial charge in [0.05, 0.1) is 17.6 Å². The van der Waals surface area contributed by atoms with Crippen molar-refractivity contribution in [1.82, 2.24) is 4.31 Å². The topological polar surface area (TPSA) is 102 Å². The maximum Gasteiger partial charge on any atom is 0.338 e. The van der Waals surface area contributed by atoms with Gasteiger partial charge in [-0.3, -0.25) is 4.79 Å². The molecule has 1 amide bonds. The number of nitrogens with zero attached hydrogens (tertiary/aromatic N) is 1. The van der Waals surface area contributed by atoms with E-state index in [0.717, 1.165) is 19.3 Å². The molecule has 8 nitrogen and oxygen atoms in total. The molecule has 2 aromatic rings. The Labute approximate surface area is 175 Å². The Morgan fingerprint density at radius 1 is 0.967 bits per heavy atom. The molecule has 3 rings (SSSR count). The zero-order valence-corrected chi connectivity index (χ0v) is 17.5. The van der Waals surface area contributed by atoms with Gasteiger partial charge >= 0.3 is 5.97 Å². The molecule has 0 atom stereocenters. The number of methoxy groups -OCH3 is 1. The number of benzene rings is 2. The van der Waals surface area contributed by atoms with E-state index >= 15 is 0 Å². The standard InChI is InChI=1S/C21H24N2O6S/c1-28-18-9-5-16(6-10-18)21(25)29-15-20(24)22-17-7-11-19(12-8-17)30(26,27)23-13-3-2-4-14-23/h5-12H,2-4,13-15H2,1H3,(H,22,24). The Morgan fingerprint density at radius 2 is 1.60 bits per heavy atom. The first-order valence-corrected chi connectivity index (χ1v) is 11.1. The van der Waals surface area contributed by atoms with Crippen LogP contribution in [0, 0.1) is 0 Å². The van der Waals surface area contributed by atoms with Crippen molar-refractivity contribution in [1.29, 1.82) is 0 Å². The third-order valence-electron chi connectivity index (χ3n) is 4.75. The van der Waals surface area contributed by atoms with E-state index < -0.39 is 28.5 Å². The number of esters is 1. The molecule has 1 N–H and O–H groups in total. The van der Waals surface area contributed by atoms with Crippen molar-refractivity contribution in [2.45, 2.75) is 24.2 Å². The lowest BCUT2D eigenvalue weighted by Crippen LogP contribution is -2.35. The van der Waals surface area contributed by atoms with Crippen molar-refractivity contribution in [3.63, 3.8) is 0 Å². The van der Waals surface area contributed by atoms with Crippen LogP contribution >= 0.6 is 0 Å². The third kappa shape index (κ3) is 5.37. The van der Waals surface area contributed by atoms with Gasteiger partial charge in [-0.25, -0.2) is 13.2 Å². The molecule has 1 fully saturated rings. The highest BCUT2D eigenvalue weighted by Crippen LogP contribution is 2.22. The predicted octanol–water partition coefficient (Wildman–Crippen LogP) is 2.67. The van der Waals surface area contributed by atoms with Crippen LogP contribution in [0.5, 0.6) is 5.75 Å². The number of ether oxygens (including phenoxy) is 2. The largest absolute Gasteiger partial charge is 0.497 e. The zero-order chi connectivity index (χ0) is 21.6. The van der Waals surface area contributed by atoms with Crippen molar-refractivity contribution in [2.24, 2.45) is 0 Å². The van der Waals surface area contributed by atoms with Crippen molar-refractivity contribution < 1.29 is 27.5 Å². The summed E-state index contributed by atoms with van der Waals surface area (Å²) in [5.74, 6) is -0.547. The molecule has 0 spiro atoms. The summed E-state index contributed by atoms with van der Waals surface area (Å²) in [6, 6.07) is 12.3. The van der Waals surface area contributed by atoms with Crippen LogP contribution in [0.25, 0.3) is 0 Å². The summed E-state index contributed by atoms with van der Waals surface area (Å²) in [7, 11) is -2.00. The van der Waals surface area contributed by atoms with E-state index in [9.17, 15) is 18.0 Å². The molecule has 0 saturated carbocycles. The molecule has 0 aromatic heterocycles. The minimum atomic E-state index is -3.52. The number of rotatable bonds is 7. The maximum atomic E-state index is 12.6. The molecule has 1 saturated heterocycles. The summed E-state index contributed by atoms with van der Waals surface area (Å²) in [4.78, 5) is 24.2. The SMILES string of the molecule is COc1ccc(C(=O)OCC(=O)Nc2ccc(S(=O)(=O)N3CCCCC3)cc2)cc1. The first kappa shape index (κ1) is 21.8. The van der Waals surface area contributed by atoms with Gasteiger partial charge in [0, 0.05) is 18.8 Å². The van der Waals surface area contributed by atoms with E-state index in [1.165, 1.54) is 35.7 Å². The van der Waals surface area contributed by atoms with Crippen molar-refractivity contribution in [2.75, 3.05) is 32.1 Å². The number of hydrogen-bond donors (Lipinski definition) is 1. The lowest BCUT2D eigenvalue weighted by molar-refractivity contribution is -0.119. The van der Waals surface area contributed by atoms with Gasteiger partial charge in [0.25, 0.3) is 5.91 Å². The summed E-state index contributed by atoms with van der Waals surface area (Å²) in [5, 5.41) is 2.58. The number of hydrogen-bond acceptors (Lipinski definition) is 6. The lowest BCUT2D eigenvalue weighted by Gasteiger charge is -2.25.